The molecule has 7 nitrogen and oxygen atoms in total. The summed E-state index contributed by atoms with van der Waals surface area (Å²) >= 11 is 0. The molecule has 2 unspecified atom stereocenters. The number of aldehydes is 1. The molecule has 0 amide bonds. The lowest BCUT2D eigenvalue weighted by atomic mass is 9.96. The Labute approximate surface area is 182 Å². The van der Waals surface area contributed by atoms with Gasteiger partial charge in [-0.1, -0.05) is 0 Å². The molecule has 0 radical (unpaired) electrons. The first-order chi connectivity index (χ1) is 15.0. The number of carbonyl (C=O) groups excluding carboxylic acids is 1. The van der Waals surface area contributed by atoms with Crippen molar-refractivity contribution >= 4 is 22.0 Å². The highest BCUT2D eigenvalue weighted by Crippen LogP contribution is 2.26. The molecule has 1 fully saturated rings. The zero-order valence-electron chi connectivity index (χ0n) is 16.9. The van der Waals surface area contributed by atoms with Gasteiger partial charge >= 0.3 is 0 Å². The number of piperidine rings is 1. The summed E-state index contributed by atoms with van der Waals surface area (Å²) in [7, 11) is -2.64. The van der Waals surface area contributed by atoms with Gasteiger partial charge in [-0.3, -0.25) is 4.79 Å². The summed E-state index contributed by atoms with van der Waals surface area (Å²) in [6.45, 7) is -0.363. The van der Waals surface area contributed by atoms with E-state index in [9.17, 15) is 35.9 Å². The number of benzene rings is 2. The number of sulfonamides is 1. The number of halogens is 4. The van der Waals surface area contributed by atoms with Gasteiger partial charge in [-0.25, -0.2) is 26.0 Å². The van der Waals surface area contributed by atoms with Gasteiger partial charge in [-0.05, 0) is 24.6 Å². The topological polar surface area (TPSA) is 107 Å². The molecule has 1 saturated heterocycles. The van der Waals surface area contributed by atoms with Gasteiger partial charge in [0.15, 0.2) is 17.5 Å². The van der Waals surface area contributed by atoms with Gasteiger partial charge in [-0.15, -0.1) is 0 Å². The predicted octanol–water partition coefficient (Wildman–Crippen LogP) is 2.15. The Hall–Kier alpha value is -2.54. The number of anilines is 1. The highest BCUT2D eigenvalue weighted by Gasteiger charge is 2.35. The molecular weight excluding hydrogens is 456 g/mol. The molecule has 1 aliphatic rings. The SMILES string of the molecule is CNc1cc(F)c(F)c(F)c1.O=Cc1ccc(F)c(S(=O)(=O)N2CCC(CO)C(O)C2)c1. The maximum absolute atomic E-state index is 13.8. The van der Waals surface area contributed by atoms with E-state index in [-0.39, 0.29) is 43.3 Å². The Kier molecular flexibility index (Phi) is 8.73. The van der Waals surface area contributed by atoms with Crippen molar-refractivity contribution in [1.29, 1.82) is 0 Å². The molecule has 0 spiro atoms. The van der Waals surface area contributed by atoms with E-state index in [2.05, 4.69) is 5.32 Å². The van der Waals surface area contributed by atoms with Gasteiger partial charge in [0.25, 0.3) is 0 Å². The van der Waals surface area contributed by atoms with E-state index in [1.54, 1.807) is 0 Å². The Bertz CT molecular complexity index is 1040. The second kappa shape index (κ2) is 10.9. The van der Waals surface area contributed by atoms with Crippen molar-refractivity contribution < 1.29 is 41.0 Å². The molecule has 2 aromatic carbocycles. The molecule has 1 aliphatic heterocycles. The monoisotopic (exact) mass is 478 g/mol. The molecule has 12 heteroatoms. The smallest absolute Gasteiger partial charge is 0.246 e. The first-order valence-electron chi connectivity index (χ1n) is 9.41. The van der Waals surface area contributed by atoms with E-state index in [0.29, 0.717) is 6.29 Å². The molecule has 0 aliphatic carbocycles. The third-order valence-corrected chi connectivity index (χ3v) is 6.78. The van der Waals surface area contributed by atoms with Crippen molar-refractivity contribution in [3.05, 3.63) is 59.2 Å². The number of β-amino-alcohol motifs (C(OH)–C–C–N with tert-alkyl or cyclic N) is 1. The molecule has 3 N–H and O–H groups in total. The molecule has 32 heavy (non-hydrogen) atoms. The average Bonchev–Trinajstić information content (AvgIpc) is 2.77. The minimum atomic E-state index is -4.13. The Morgan fingerprint density at radius 1 is 1.12 bits per heavy atom. The molecule has 2 atom stereocenters. The summed E-state index contributed by atoms with van der Waals surface area (Å²) in [5, 5.41) is 21.3. The number of nitrogens with zero attached hydrogens (tertiary/aromatic N) is 1. The van der Waals surface area contributed by atoms with Gasteiger partial charge in [0.05, 0.1) is 6.10 Å². The van der Waals surface area contributed by atoms with Gasteiger partial charge < -0.3 is 15.5 Å². The number of carbonyl (C=O) groups is 1. The van der Waals surface area contributed by atoms with Crippen molar-refractivity contribution in [3.63, 3.8) is 0 Å². The molecule has 176 valence electrons. The summed E-state index contributed by atoms with van der Waals surface area (Å²) in [4.78, 5) is 10.1. The van der Waals surface area contributed by atoms with Crippen LogP contribution >= 0.6 is 0 Å². The maximum Gasteiger partial charge on any atom is 0.246 e. The Morgan fingerprint density at radius 2 is 1.75 bits per heavy atom. The van der Waals surface area contributed by atoms with Crippen molar-refractivity contribution in [3.8, 4) is 0 Å². The zero-order valence-corrected chi connectivity index (χ0v) is 17.8. The number of aliphatic hydroxyl groups is 2. The number of hydrogen-bond donors (Lipinski definition) is 3. The zero-order chi connectivity index (χ0) is 24.1. The maximum atomic E-state index is 13.8. The Balaban J connectivity index is 0.000000278. The third kappa shape index (κ3) is 5.82. The summed E-state index contributed by atoms with van der Waals surface area (Å²) in [6, 6.07) is 4.86. The van der Waals surface area contributed by atoms with Crippen LogP contribution in [0.25, 0.3) is 0 Å². The molecular formula is C20H22F4N2O5S. The van der Waals surface area contributed by atoms with E-state index in [1.165, 1.54) is 13.1 Å². The van der Waals surface area contributed by atoms with Gasteiger partial charge in [0.1, 0.15) is 17.0 Å². The van der Waals surface area contributed by atoms with E-state index in [4.69, 9.17) is 5.11 Å². The van der Waals surface area contributed by atoms with Crippen LogP contribution < -0.4 is 5.32 Å². The third-order valence-electron chi connectivity index (χ3n) is 4.90. The number of hydrogen-bond acceptors (Lipinski definition) is 6. The number of aliphatic hydroxyl groups excluding tert-OH is 2. The summed E-state index contributed by atoms with van der Waals surface area (Å²) in [5.74, 6) is -5.14. The van der Waals surface area contributed by atoms with Gasteiger partial charge in [-0.2, -0.15) is 4.31 Å². The standard InChI is InChI=1S/C13H16FNO5S.C7H6F3N/c14-11-2-1-9(7-16)5-13(11)21(19,20)15-4-3-10(8-17)12(18)6-15;1-11-4-2-5(8)7(10)6(9)3-4/h1-2,5,7,10,12,17-18H,3-4,6,8H2;2-3,11H,1H3. The van der Waals surface area contributed by atoms with Crippen LogP contribution in [-0.2, 0) is 10.0 Å². The van der Waals surface area contributed by atoms with Crippen LogP contribution in [0.1, 0.15) is 16.8 Å². The van der Waals surface area contributed by atoms with Crippen molar-refractivity contribution in [1.82, 2.24) is 4.31 Å². The molecule has 3 rings (SSSR count). The van der Waals surface area contributed by atoms with Gasteiger partial charge in [0.2, 0.25) is 10.0 Å². The highest BCUT2D eigenvalue weighted by molar-refractivity contribution is 7.89. The van der Waals surface area contributed by atoms with Crippen molar-refractivity contribution in [2.45, 2.75) is 17.4 Å². The second-order valence-corrected chi connectivity index (χ2v) is 8.88. The normalized spacial score (nSPS) is 19.1. The minimum Gasteiger partial charge on any atom is -0.396 e. The van der Waals surface area contributed by atoms with Crippen LogP contribution in [0.5, 0.6) is 0 Å². The quantitative estimate of drug-likeness (QED) is 0.346. The molecule has 1 heterocycles. The molecule has 0 aromatic heterocycles. The van der Waals surface area contributed by atoms with Crippen LogP contribution in [-0.4, -0.2) is 62.1 Å². The highest BCUT2D eigenvalue weighted by atomic mass is 32.2. The predicted molar refractivity (Wildman–Crippen MR) is 108 cm³/mol. The molecule has 0 saturated carbocycles. The average molecular weight is 478 g/mol. The van der Waals surface area contributed by atoms with E-state index in [1.807, 2.05) is 0 Å². The molecule has 2 aromatic rings. The fraction of sp³-hybridized carbons (Fsp3) is 0.350. The largest absolute Gasteiger partial charge is 0.396 e. The van der Waals surface area contributed by atoms with E-state index < -0.39 is 44.3 Å². The summed E-state index contributed by atoms with van der Waals surface area (Å²) < 4.78 is 76.6. The number of rotatable bonds is 5. The van der Waals surface area contributed by atoms with Crippen LogP contribution in [0.15, 0.2) is 35.2 Å². The van der Waals surface area contributed by atoms with Crippen LogP contribution in [0.2, 0.25) is 0 Å². The first kappa shape index (κ1) is 25.7. The van der Waals surface area contributed by atoms with Crippen LogP contribution in [0.3, 0.4) is 0 Å². The van der Waals surface area contributed by atoms with Gasteiger partial charge in [0, 0.05) is 56.0 Å². The minimum absolute atomic E-state index is 0.0563. The number of nitrogens with one attached hydrogen (secondary N) is 1. The lowest BCUT2D eigenvalue weighted by Gasteiger charge is -2.34. The van der Waals surface area contributed by atoms with E-state index in [0.717, 1.165) is 28.6 Å². The van der Waals surface area contributed by atoms with Crippen LogP contribution in [0.4, 0.5) is 23.2 Å². The Morgan fingerprint density at radius 3 is 2.25 bits per heavy atom. The lowest BCUT2D eigenvalue weighted by molar-refractivity contribution is 0.0221. The summed E-state index contributed by atoms with van der Waals surface area (Å²) in [5.41, 5.74) is 0.266. The van der Waals surface area contributed by atoms with E-state index >= 15 is 0 Å². The van der Waals surface area contributed by atoms with Crippen molar-refractivity contribution in [2.75, 3.05) is 32.1 Å². The second-order valence-electron chi connectivity index (χ2n) is 6.97. The first-order valence-corrected chi connectivity index (χ1v) is 10.8. The molecule has 0 bridgehead atoms. The summed E-state index contributed by atoms with van der Waals surface area (Å²) in [6.07, 6.45) is -0.284. The fourth-order valence-corrected chi connectivity index (χ4v) is 4.58. The lowest BCUT2D eigenvalue weighted by Crippen LogP contribution is -2.47. The van der Waals surface area contributed by atoms with Crippen LogP contribution in [0, 0.1) is 29.2 Å². The van der Waals surface area contributed by atoms with Crippen molar-refractivity contribution in [2.24, 2.45) is 5.92 Å². The fourth-order valence-electron chi connectivity index (χ4n) is 3.01.